The SMILES string of the molecule is C[C@H](Cc1ccc(O)cc1)N[C@H](C)c1ccccc1.Cl. The molecular weight excluding hydrogens is 270 g/mol. The molecule has 0 radical (unpaired) electrons. The van der Waals surface area contributed by atoms with Crippen LogP contribution in [0.2, 0.25) is 0 Å². The van der Waals surface area contributed by atoms with Crippen molar-refractivity contribution in [3.63, 3.8) is 0 Å². The fourth-order valence-corrected chi connectivity index (χ4v) is 2.31. The van der Waals surface area contributed by atoms with E-state index in [1.165, 1.54) is 11.1 Å². The van der Waals surface area contributed by atoms with Crippen LogP contribution in [0.3, 0.4) is 0 Å². The molecule has 0 saturated heterocycles. The molecule has 2 atom stereocenters. The lowest BCUT2D eigenvalue weighted by Crippen LogP contribution is -2.30. The van der Waals surface area contributed by atoms with Gasteiger partial charge < -0.3 is 10.4 Å². The summed E-state index contributed by atoms with van der Waals surface area (Å²) in [5, 5.41) is 12.9. The minimum atomic E-state index is 0. The second kappa shape index (κ2) is 7.93. The third-order valence-corrected chi connectivity index (χ3v) is 3.31. The zero-order valence-electron chi connectivity index (χ0n) is 11.9. The van der Waals surface area contributed by atoms with Crippen molar-refractivity contribution in [1.82, 2.24) is 5.32 Å². The Morgan fingerprint density at radius 3 is 2.15 bits per heavy atom. The number of hydrogen-bond acceptors (Lipinski definition) is 2. The van der Waals surface area contributed by atoms with Gasteiger partial charge in [0.1, 0.15) is 5.75 Å². The van der Waals surface area contributed by atoms with Crippen molar-refractivity contribution in [3.8, 4) is 5.75 Å². The van der Waals surface area contributed by atoms with Crippen LogP contribution in [0, 0.1) is 0 Å². The number of benzene rings is 2. The van der Waals surface area contributed by atoms with E-state index < -0.39 is 0 Å². The van der Waals surface area contributed by atoms with Gasteiger partial charge >= 0.3 is 0 Å². The molecule has 2 aromatic rings. The molecule has 0 spiro atoms. The molecule has 0 heterocycles. The van der Waals surface area contributed by atoms with Gasteiger partial charge in [0.15, 0.2) is 0 Å². The number of aromatic hydroxyl groups is 1. The zero-order valence-corrected chi connectivity index (χ0v) is 12.7. The minimum absolute atomic E-state index is 0. The van der Waals surface area contributed by atoms with E-state index in [0.29, 0.717) is 17.8 Å². The Balaban J connectivity index is 0.00000200. The Kier molecular flexibility index (Phi) is 6.56. The van der Waals surface area contributed by atoms with Crippen LogP contribution in [-0.2, 0) is 6.42 Å². The van der Waals surface area contributed by atoms with Crippen molar-refractivity contribution in [2.75, 3.05) is 0 Å². The third kappa shape index (κ3) is 4.87. The molecule has 2 aromatic carbocycles. The first kappa shape index (κ1) is 16.5. The van der Waals surface area contributed by atoms with E-state index in [1.807, 2.05) is 18.2 Å². The summed E-state index contributed by atoms with van der Waals surface area (Å²) in [6, 6.07) is 18.6. The van der Waals surface area contributed by atoms with E-state index in [1.54, 1.807) is 12.1 Å². The molecule has 0 bridgehead atoms. The van der Waals surface area contributed by atoms with Crippen LogP contribution in [0.5, 0.6) is 5.75 Å². The van der Waals surface area contributed by atoms with Crippen LogP contribution in [0.4, 0.5) is 0 Å². The first-order valence-electron chi connectivity index (χ1n) is 6.74. The van der Waals surface area contributed by atoms with Crippen molar-refractivity contribution in [2.24, 2.45) is 0 Å². The Labute approximate surface area is 127 Å². The molecule has 108 valence electrons. The number of hydrogen-bond donors (Lipinski definition) is 2. The minimum Gasteiger partial charge on any atom is -0.508 e. The average Bonchev–Trinajstić information content (AvgIpc) is 2.42. The molecule has 0 unspecified atom stereocenters. The van der Waals surface area contributed by atoms with Crippen LogP contribution in [0.25, 0.3) is 0 Å². The van der Waals surface area contributed by atoms with Gasteiger partial charge in [0.05, 0.1) is 0 Å². The normalized spacial score (nSPS) is 13.3. The van der Waals surface area contributed by atoms with E-state index in [0.717, 1.165) is 6.42 Å². The molecule has 2 nitrogen and oxygen atoms in total. The van der Waals surface area contributed by atoms with Crippen molar-refractivity contribution in [1.29, 1.82) is 0 Å². The fraction of sp³-hybridized carbons (Fsp3) is 0.294. The van der Waals surface area contributed by atoms with Crippen LogP contribution in [0.1, 0.15) is 31.0 Å². The number of rotatable bonds is 5. The molecule has 2 N–H and O–H groups in total. The van der Waals surface area contributed by atoms with Gasteiger partial charge in [0, 0.05) is 12.1 Å². The number of phenols is 1. The molecule has 3 heteroatoms. The van der Waals surface area contributed by atoms with E-state index in [9.17, 15) is 5.11 Å². The smallest absolute Gasteiger partial charge is 0.115 e. The molecule has 0 aliphatic rings. The molecule has 20 heavy (non-hydrogen) atoms. The largest absolute Gasteiger partial charge is 0.508 e. The molecular formula is C17H22ClNO. The molecule has 0 saturated carbocycles. The van der Waals surface area contributed by atoms with E-state index in [2.05, 4.69) is 43.4 Å². The van der Waals surface area contributed by atoms with Crippen LogP contribution < -0.4 is 5.32 Å². The van der Waals surface area contributed by atoms with Gasteiger partial charge in [-0.05, 0) is 43.5 Å². The van der Waals surface area contributed by atoms with E-state index in [-0.39, 0.29) is 12.4 Å². The molecule has 0 amide bonds. The maximum absolute atomic E-state index is 9.27. The lowest BCUT2D eigenvalue weighted by Gasteiger charge is -2.20. The Hall–Kier alpha value is -1.51. The van der Waals surface area contributed by atoms with Crippen molar-refractivity contribution in [3.05, 3.63) is 65.7 Å². The topological polar surface area (TPSA) is 32.3 Å². The fourth-order valence-electron chi connectivity index (χ4n) is 2.31. The highest BCUT2D eigenvalue weighted by Gasteiger charge is 2.09. The van der Waals surface area contributed by atoms with Crippen LogP contribution >= 0.6 is 12.4 Å². The van der Waals surface area contributed by atoms with Gasteiger partial charge in [-0.1, -0.05) is 42.5 Å². The second-order valence-electron chi connectivity index (χ2n) is 5.07. The maximum atomic E-state index is 9.27. The number of phenolic OH excluding ortho intramolecular Hbond substituents is 1. The highest BCUT2D eigenvalue weighted by atomic mass is 35.5. The average molecular weight is 292 g/mol. The van der Waals surface area contributed by atoms with Gasteiger partial charge in [0.2, 0.25) is 0 Å². The lowest BCUT2D eigenvalue weighted by atomic mass is 10.0. The van der Waals surface area contributed by atoms with Crippen LogP contribution in [-0.4, -0.2) is 11.1 Å². The monoisotopic (exact) mass is 291 g/mol. The summed E-state index contributed by atoms with van der Waals surface area (Å²) >= 11 is 0. The summed E-state index contributed by atoms with van der Waals surface area (Å²) in [5.41, 5.74) is 2.54. The van der Waals surface area contributed by atoms with Gasteiger partial charge in [-0.3, -0.25) is 0 Å². The summed E-state index contributed by atoms with van der Waals surface area (Å²) < 4.78 is 0. The third-order valence-electron chi connectivity index (χ3n) is 3.31. The highest BCUT2D eigenvalue weighted by Crippen LogP contribution is 2.15. The van der Waals surface area contributed by atoms with E-state index in [4.69, 9.17) is 0 Å². The Morgan fingerprint density at radius 2 is 1.55 bits per heavy atom. The standard InChI is InChI=1S/C17H21NO.ClH/c1-13(12-15-8-10-17(19)11-9-15)18-14(2)16-6-4-3-5-7-16;/h3-11,13-14,18-19H,12H2,1-2H3;1H/t13-,14-;/m1./s1. The molecule has 0 fully saturated rings. The first-order chi connectivity index (χ1) is 9.15. The van der Waals surface area contributed by atoms with Crippen LogP contribution in [0.15, 0.2) is 54.6 Å². The van der Waals surface area contributed by atoms with E-state index >= 15 is 0 Å². The Bertz CT molecular complexity index is 498. The van der Waals surface area contributed by atoms with Crippen molar-refractivity contribution < 1.29 is 5.11 Å². The molecule has 0 aromatic heterocycles. The summed E-state index contributed by atoms with van der Waals surface area (Å²) in [4.78, 5) is 0. The van der Waals surface area contributed by atoms with Gasteiger partial charge in [-0.25, -0.2) is 0 Å². The molecule has 0 aliphatic carbocycles. The Morgan fingerprint density at radius 1 is 0.950 bits per heavy atom. The predicted octanol–water partition coefficient (Wildman–Crippen LogP) is 4.10. The first-order valence-corrected chi connectivity index (χ1v) is 6.74. The van der Waals surface area contributed by atoms with Gasteiger partial charge in [-0.2, -0.15) is 0 Å². The summed E-state index contributed by atoms with van der Waals surface area (Å²) in [7, 11) is 0. The lowest BCUT2D eigenvalue weighted by molar-refractivity contribution is 0.470. The van der Waals surface area contributed by atoms with Gasteiger partial charge in [0.25, 0.3) is 0 Å². The van der Waals surface area contributed by atoms with Crippen molar-refractivity contribution in [2.45, 2.75) is 32.4 Å². The zero-order chi connectivity index (χ0) is 13.7. The second-order valence-corrected chi connectivity index (χ2v) is 5.07. The maximum Gasteiger partial charge on any atom is 0.115 e. The highest BCUT2D eigenvalue weighted by molar-refractivity contribution is 5.85. The quantitative estimate of drug-likeness (QED) is 0.869. The number of nitrogens with one attached hydrogen (secondary N) is 1. The summed E-state index contributed by atoms with van der Waals surface area (Å²) in [6.45, 7) is 4.37. The predicted molar refractivity (Wildman–Crippen MR) is 86.5 cm³/mol. The summed E-state index contributed by atoms with van der Waals surface area (Å²) in [5.74, 6) is 0.321. The number of halogens is 1. The summed E-state index contributed by atoms with van der Waals surface area (Å²) in [6.07, 6.45) is 0.956. The van der Waals surface area contributed by atoms with Gasteiger partial charge in [-0.15, -0.1) is 12.4 Å². The van der Waals surface area contributed by atoms with Crippen molar-refractivity contribution >= 4 is 12.4 Å². The molecule has 0 aliphatic heterocycles. The molecule has 2 rings (SSSR count).